The van der Waals surface area contributed by atoms with Crippen LogP contribution >= 0.6 is 0 Å². The van der Waals surface area contributed by atoms with Gasteiger partial charge in [-0.2, -0.15) is 5.26 Å². The molecule has 3 aliphatic rings. The Kier molecular flexibility index (Phi) is 3.18. The van der Waals surface area contributed by atoms with Crippen LogP contribution in [0.5, 0.6) is 5.75 Å². The Labute approximate surface area is 131 Å². The fourth-order valence-electron chi connectivity index (χ4n) is 4.53. The molecule has 0 unspecified atom stereocenters. The van der Waals surface area contributed by atoms with Crippen molar-refractivity contribution in [2.45, 2.75) is 37.4 Å². The fourth-order valence-corrected chi connectivity index (χ4v) is 4.53. The summed E-state index contributed by atoms with van der Waals surface area (Å²) in [6, 6.07) is 10.7. The molecule has 0 radical (unpaired) electrons. The van der Waals surface area contributed by atoms with Gasteiger partial charge in [-0.1, -0.05) is 12.1 Å². The van der Waals surface area contributed by atoms with E-state index in [1.165, 1.54) is 5.56 Å². The van der Waals surface area contributed by atoms with Gasteiger partial charge in [0, 0.05) is 18.8 Å². The highest BCUT2D eigenvalue weighted by Gasteiger charge is 2.67. The van der Waals surface area contributed by atoms with E-state index >= 15 is 0 Å². The first kappa shape index (κ1) is 14.0. The maximum absolute atomic E-state index is 9.58. The number of methoxy groups -OCH3 is 1. The van der Waals surface area contributed by atoms with Crippen molar-refractivity contribution in [3.05, 3.63) is 29.8 Å². The normalized spacial score (nSPS) is 31.1. The van der Waals surface area contributed by atoms with Crippen LogP contribution in [0.3, 0.4) is 0 Å². The van der Waals surface area contributed by atoms with E-state index in [1.807, 2.05) is 12.1 Å². The number of nitriles is 1. The van der Waals surface area contributed by atoms with Gasteiger partial charge in [0.2, 0.25) is 0 Å². The van der Waals surface area contributed by atoms with E-state index < -0.39 is 0 Å². The largest absolute Gasteiger partial charge is 0.497 e. The Balaban J connectivity index is 1.53. The van der Waals surface area contributed by atoms with Gasteiger partial charge in [-0.15, -0.1) is 0 Å². The predicted molar refractivity (Wildman–Crippen MR) is 80.4 cm³/mol. The highest BCUT2D eigenvalue weighted by Crippen LogP contribution is 2.72. The van der Waals surface area contributed by atoms with Crippen LogP contribution in [0.4, 0.5) is 0 Å². The summed E-state index contributed by atoms with van der Waals surface area (Å²) < 4.78 is 16.9. The number of benzene rings is 1. The van der Waals surface area contributed by atoms with E-state index in [-0.39, 0.29) is 17.1 Å². The number of ether oxygens (including phenoxy) is 3. The molecule has 0 N–H and O–H groups in total. The maximum atomic E-state index is 9.58. The molecule has 22 heavy (non-hydrogen) atoms. The van der Waals surface area contributed by atoms with Gasteiger partial charge in [-0.3, -0.25) is 0 Å². The Morgan fingerprint density at radius 3 is 2.27 bits per heavy atom. The molecule has 2 spiro atoms. The first-order chi connectivity index (χ1) is 10.7. The third kappa shape index (κ3) is 1.96. The maximum Gasteiger partial charge on any atom is 0.168 e. The molecule has 3 fully saturated rings. The minimum atomic E-state index is -0.349. The molecule has 0 aromatic heterocycles. The zero-order valence-electron chi connectivity index (χ0n) is 12.9. The lowest BCUT2D eigenvalue weighted by molar-refractivity contribution is -0.185. The standard InChI is InChI=1S/C18H21NO3/c1-20-14-4-2-13(3-5-14)16-15(12-19)17(16)6-8-18(9-7-17)21-10-11-22-18/h2-5,15-16H,6-11H2,1H3/t15-,16+/m0/s1. The van der Waals surface area contributed by atoms with Crippen molar-refractivity contribution in [1.29, 1.82) is 5.26 Å². The van der Waals surface area contributed by atoms with Gasteiger partial charge in [-0.25, -0.2) is 0 Å². The Morgan fingerprint density at radius 1 is 1.09 bits per heavy atom. The monoisotopic (exact) mass is 299 g/mol. The SMILES string of the molecule is COc1ccc([C@@H]2[C@H](C#N)C23CCC2(CC3)OCCO2)cc1. The summed E-state index contributed by atoms with van der Waals surface area (Å²) in [5, 5.41) is 9.58. The van der Waals surface area contributed by atoms with E-state index in [0.717, 1.165) is 31.4 Å². The van der Waals surface area contributed by atoms with Crippen molar-refractivity contribution in [3.8, 4) is 11.8 Å². The molecule has 2 saturated carbocycles. The van der Waals surface area contributed by atoms with Crippen LogP contribution in [0.2, 0.25) is 0 Å². The van der Waals surface area contributed by atoms with E-state index in [0.29, 0.717) is 19.1 Å². The molecular formula is C18H21NO3. The fraction of sp³-hybridized carbons (Fsp3) is 0.611. The summed E-state index contributed by atoms with van der Waals surface area (Å²) in [5.74, 6) is 0.988. The van der Waals surface area contributed by atoms with Crippen LogP contribution in [-0.2, 0) is 9.47 Å². The second-order valence-electron chi connectivity index (χ2n) is 6.70. The molecule has 1 aromatic rings. The Bertz CT molecular complexity index is 588. The smallest absolute Gasteiger partial charge is 0.168 e. The van der Waals surface area contributed by atoms with Crippen LogP contribution in [0.1, 0.15) is 37.2 Å². The third-order valence-electron chi connectivity index (χ3n) is 5.83. The van der Waals surface area contributed by atoms with Crippen molar-refractivity contribution in [2.75, 3.05) is 20.3 Å². The summed E-state index contributed by atoms with van der Waals surface area (Å²) in [7, 11) is 1.67. The first-order valence-electron chi connectivity index (χ1n) is 8.05. The van der Waals surface area contributed by atoms with Crippen LogP contribution in [-0.4, -0.2) is 26.1 Å². The van der Waals surface area contributed by atoms with E-state index in [2.05, 4.69) is 18.2 Å². The number of hydrogen-bond donors (Lipinski definition) is 0. The Hall–Kier alpha value is -1.57. The van der Waals surface area contributed by atoms with Gasteiger partial charge < -0.3 is 14.2 Å². The molecular weight excluding hydrogens is 278 g/mol. The molecule has 1 aromatic carbocycles. The van der Waals surface area contributed by atoms with Crippen LogP contribution < -0.4 is 4.74 Å². The molecule has 1 heterocycles. The molecule has 1 saturated heterocycles. The number of hydrogen-bond acceptors (Lipinski definition) is 4. The molecule has 4 heteroatoms. The molecule has 4 rings (SSSR count). The predicted octanol–water partition coefficient (Wildman–Crippen LogP) is 3.24. The van der Waals surface area contributed by atoms with Crippen molar-refractivity contribution in [1.82, 2.24) is 0 Å². The summed E-state index contributed by atoms with van der Waals surface area (Å²) in [5.41, 5.74) is 1.39. The minimum Gasteiger partial charge on any atom is -0.497 e. The number of nitrogens with zero attached hydrogens (tertiary/aromatic N) is 1. The molecule has 116 valence electrons. The quantitative estimate of drug-likeness (QED) is 0.841. The third-order valence-corrected chi connectivity index (χ3v) is 5.83. The number of rotatable bonds is 2. The summed E-state index contributed by atoms with van der Waals surface area (Å²) in [6.45, 7) is 1.41. The van der Waals surface area contributed by atoms with E-state index in [9.17, 15) is 5.26 Å². The van der Waals surface area contributed by atoms with Gasteiger partial charge in [0.15, 0.2) is 5.79 Å². The molecule has 2 aliphatic carbocycles. The summed E-state index contributed by atoms with van der Waals surface area (Å²) in [6.07, 6.45) is 3.86. The lowest BCUT2D eigenvalue weighted by Crippen LogP contribution is -2.36. The van der Waals surface area contributed by atoms with E-state index in [4.69, 9.17) is 14.2 Å². The molecule has 0 amide bonds. The topological polar surface area (TPSA) is 51.5 Å². The van der Waals surface area contributed by atoms with Gasteiger partial charge in [0.1, 0.15) is 5.75 Å². The lowest BCUT2D eigenvalue weighted by Gasteiger charge is -2.36. The molecule has 2 atom stereocenters. The van der Waals surface area contributed by atoms with Crippen molar-refractivity contribution in [3.63, 3.8) is 0 Å². The average molecular weight is 299 g/mol. The second kappa shape index (κ2) is 4.97. The lowest BCUT2D eigenvalue weighted by atomic mass is 9.79. The van der Waals surface area contributed by atoms with Crippen LogP contribution in [0, 0.1) is 22.7 Å². The van der Waals surface area contributed by atoms with E-state index in [1.54, 1.807) is 7.11 Å². The first-order valence-corrected chi connectivity index (χ1v) is 8.05. The summed E-state index contributed by atoms with van der Waals surface area (Å²) in [4.78, 5) is 0. The summed E-state index contributed by atoms with van der Waals surface area (Å²) >= 11 is 0. The molecule has 0 bridgehead atoms. The molecule has 4 nitrogen and oxygen atoms in total. The van der Waals surface area contributed by atoms with Crippen LogP contribution in [0.15, 0.2) is 24.3 Å². The van der Waals surface area contributed by atoms with Crippen molar-refractivity contribution < 1.29 is 14.2 Å². The minimum absolute atomic E-state index is 0.125. The van der Waals surface area contributed by atoms with Gasteiger partial charge in [0.05, 0.1) is 32.3 Å². The average Bonchev–Trinajstić information content (AvgIpc) is 2.95. The highest BCUT2D eigenvalue weighted by molar-refractivity contribution is 5.40. The van der Waals surface area contributed by atoms with Gasteiger partial charge in [0.25, 0.3) is 0 Å². The Morgan fingerprint density at radius 2 is 1.73 bits per heavy atom. The zero-order valence-corrected chi connectivity index (χ0v) is 12.9. The molecule has 1 aliphatic heterocycles. The second-order valence-corrected chi connectivity index (χ2v) is 6.70. The van der Waals surface area contributed by atoms with Crippen LogP contribution in [0.25, 0.3) is 0 Å². The highest BCUT2D eigenvalue weighted by atomic mass is 16.7. The van der Waals surface area contributed by atoms with Crippen molar-refractivity contribution in [2.24, 2.45) is 11.3 Å². The van der Waals surface area contributed by atoms with Gasteiger partial charge in [-0.05, 0) is 36.0 Å². The zero-order chi connectivity index (χ0) is 15.2. The van der Waals surface area contributed by atoms with Gasteiger partial charge >= 0.3 is 0 Å². The van der Waals surface area contributed by atoms with Crippen molar-refractivity contribution >= 4 is 0 Å².